The molecule has 1 aliphatic carbocycles. The molecule has 284 valence electrons. The Morgan fingerprint density at radius 1 is 0.873 bits per heavy atom. The van der Waals surface area contributed by atoms with Gasteiger partial charge < -0.3 is 14.2 Å². The Morgan fingerprint density at radius 3 is 2.07 bits per heavy atom. The minimum atomic E-state index is -1.90. The number of methoxy groups -OCH3 is 1. The number of rotatable bonds is 10. The summed E-state index contributed by atoms with van der Waals surface area (Å²) in [5, 5.41) is 13.8. The van der Waals surface area contributed by atoms with E-state index in [4.69, 9.17) is 14.2 Å². The van der Waals surface area contributed by atoms with Crippen molar-refractivity contribution in [1.82, 2.24) is 0 Å². The fourth-order valence-corrected chi connectivity index (χ4v) is 8.58. The maximum absolute atomic E-state index is 15.7. The molecule has 6 rings (SSSR count). The molecule has 2 amide bonds. The number of allylic oxidation sites excluding steroid dienone is 1. The number of amides is 2. The average molecular weight is 745 g/mol. The van der Waals surface area contributed by atoms with Gasteiger partial charge in [0.15, 0.2) is 0 Å². The average Bonchev–Trinajstić information content (AvgIpc) is 3.62. The second-order valence-corrected chi connectivity index (χ2v) is 14.8. The molecule has 0 radical (unpaired) electrons. The number of hydrogen-bond acceptors (Lipinski definition) is 9. The third-order valence-corrected chi connectivity index (χ3v) is 10.5. The summed E-state index contributed by atoms with van der Waals surface area (Å²) in [5.41, 5.74) is 0.410. The maximum Gasteiger partial charge on any atom is 0.421 e. The summed E-state index contributed by atoms with van der Waals surface area (Å²) in [6, 6.07) is 30.9. The number of esters is 2. The highest BCUT2D eigenvalue weighted by molar-refractivity contribution is 6.22. The first-order chi connectivity index (χ1) is 26.3. The lowest BCUT2D eigenvalue weighted by Crippen LogP contribution is -2.54. The molecule has 4 aromatic rings. The molecule has 0 N–H and O–H groups in total. The van der Waals surface area contributed by atoms with Crippen LogP contribution in [-0.4, -0.2) is 54.2 Å². The van der Waals surface area contributed by atoms with E-state index in [1.807, 2.05) is 42.5 Å². The third kappa shape index (κ3) is 7.26. The van der Waals surface area contributed by atoms with E-state index in [9.17, 15) is 24.5 Å². The molecular weight excluding hydrogens is 700 g/mol. The molecule has 2 aliphatic rings. The smallest absolute Gasteiger partial charge is 0.421 e. The van der Waals surface area contributed by atoms with Gasteiger partial charge in [0.25, 0.3) is 5.91 Å². The number of nitrogens with zero attached hydrogens (tertiary/aromatic N) is 2. The maximum atomic E-state index is 15.7. The van der Waals surface area contributed by atoms with Crippen molar-refractivity contribution in [3.8, 4) is 11.1 Å². The summed E-state index contributed by atoms with van der Waals surface area (Å²) in [7, 11) is 1.22. The number of ether oxygens (including phenoxy) is 3. The molecule has 1 saturated carbocycles. The van der Waals surface area contributed by atoms with Gasteiger partial charge in [0.1, 0.15) is 11.0 Å². The molecule has 0 bridgehead atoms. The van der Waals surface area contributed by atoms with Crippen molar-refractivity contribution in [2.75, 3.05) is 18.6 Å². The summed E-state index contributed by atoms with van der Waals surface area (Å²) < 4.78 is 16.2. The van der Waals surface area contributed by atoms with E-state index >= 15 is 4.79 Å². The summed E-state index contributed by atoms with van der Waals surface area (Å²) >= 11 is 0. The van der Waals surface area contributed by atoms with E-state index in [-0.39, 0.29) is 18.7 Å². The third-order valence-electron chi connectivity index (χ3n) is 10.5. The highest BCUT2D eigenvalue weighted by Gasteiger charge is 2.70. The Balaban J connectivity index is 1.70. The summed E-state index contributed by atoms with van der Waals surface area (Å²) in [6.07, 6.45) is 1.49. The molecule has 11 heteroatoms. The van der Waals surface area contributed by atoms with Crippen molar-refractivity contribution in [2.24, 2.45) is 17.8 Å². The van der Waals surface area contributed by atoms with E-state index < -0.39 is 69.6 Å². The van der Waals surface area contributed by atoms with Gasteiger partial charge >= 0.3 is 18.0 Å². The van der Waals surface area contributed by atoms with E-state index in [1.54, 1.807) is 101 Å². The Kier molecular flexibility index (Phi) is 11.0. The van der Waals surface area contributed by atoms with Crippen LogP contribution in [0.2, 0.25) is 0 Å². The van der Waals surface area contributed by atoms with Gasteiger partial charge in [-0.25, -0.2) is 14.5 Å². The Hall–Kier alpha value is -6.10. The zero-order valence-electron chi connectivity index (χ0n) is 31.4. The first-order valence-corrected chi connectivity index (χ1v) is 18.3. The molecule has 11 nitrogen and oxygen atoms in total. The fraction of sp³-hybridized carbons (Fsp3) is 0.318. The lowest BCUT2D eigenvalue weighted by Gasteiger charge is -2.39. The molecule has 1 heterocycles. The fourth-order valence-electron chi connectivity index (χ4n) is 8.58. The van der Waals surface area contributed by atoms with Crippen LogP contribution in [0.5, 0.6) is 0 Å². The van der Waals surface area contributed by atoms with Crippen molar-refractivity contribution in [3.05, 3.63) is 148 Å². The van der Waals surface area contributed by atoms with Crippen LogP contribution in [0.15, 0.2) is 121 Å². The number of imide groups is 1. The highest BCUT2D eigenvalue weighted by atomic mass is 16.6. The van der Waals surface area contributed by atoms with Crippen LogP contribution in [0.4, 0.5) is 10.5 Å². The Labute approximate surface area is 320 Å². The molecular formula is C44H44N2O9. The molecule has 55 heavy (non-hydrogen) atoms. The summed E-state index contributed by atoms with van der Waals surface area (Å²) in [6.45, 7) is 6.77. The number of carbonyl (C=O) groups excluding carboxylic acids is 4. The predicted octanol–water partition coefficient (Wildman–Crippen LogP) is 7.90. The zero-order chi connectivity index (χ0) is 39.5. The summed E-state index contributed by atoms with van der Waals surface area (Å²) in [5.74, 6) is -6.07. The van der Waals surface area contributed by atoms with Gasteiger partial charge in [0.05, 0.1) is 31.2 Å². The molecule has 0 unspecified atom stereocenters. The van der Waals surface area contributed by atoms with E-state index in [1.165, 1.54) is 13.2 Å². The molecule has 4 aromatic carbocycles. The SMILES string of the molecule is CCOC(=O)C[C@H]1[C@H](/C=C/C(=O)OC)[C@@H](c2ccccc2)[C@@H]([N+](=O)[O-])[C@@H]1[C@@]1(c2ccc(-c3ccccc3)cc2)C(=O)N(C(=O)OC(C)(C)C)c2ccccc21. The van der Waals surface area contributed by atoms with Crippen LogP contribution in [0, 0.1) is 27.9 Å². The van der Waals surface area contributed by atoms with Crippen LogP contribution in [0.3, 0.4) is 0 Å². The van der Waals surface area contributed by atoms with Crippen LogP contribution < -0.4 is 4.90 Å². The van der Waals surface area contributed by atoms with E-state index in [2.05, 4.69) is 0 Å². The largest absolute Gasteiger partial charge is 0.466 e. The van der Waals surface area contributed by atoms with Gasteiger partial charge in [0.2, 0.25) is 6.04 Å². The van der Waals surface area contributed by atoms with Crippen LogP contribution >= 0.6 is 0 Å². The summed E-state index contributed by atoms with van der Waals surface area (Å²) in [4.78, 5) is 70.6. The number of anilines is 1. The lowest BCUT2D eigenvalue weighted by atomic mass is 9.60. The zero-order valence-corrected chi connectivity index (χ0v) is 31.4. The predicted molar refractivity (Wildman–Crippen MR) is 206 cm³/mol. The second-order valence-electron chi connectivity index (χ2n) is 14.8. The topological polar surface area (TPSA) is 142 Å². The number of nitro groups is 1. The van der Waals surface area contributed by atoms with Gasteiger partial charge in [0, 0.05) is 17.4 Å². The Morgan fingerprint density at radius 2 is 1.47 bits per heavy atom. The van der Waals surface area contributed by atoms with E-state index in [0.29, 0.717) is 16.7 Å². The van der Waals surface area contributed by atoms with Gasteiger partial charge in [-0.2, -0.15) is 0 Å². The van der Waals surface area contributed by atoms with Gasteiger partial charge in [-0.05, 0) is 73.4 Å². The second kappa shape index (κ2) is 15.7. The first kappa shape index (κ1) is 38.6. The normalized spacial score (nSPS) is 23.3. The van der Waals surface area contributed by atoms with Crippen molar-refractivity contribution >= 4 is 29.6 Å². The first-order valence-electron chi connectivity index (χ1n) is 18.3. The number of hydrogen-bond donors (Lipinski definition) is 0. The van der Waals surface area contributed by atoms with Gasteiger partial charge in [-0.1, -0.05) is 109 Å². The lowest BCUT2D eigenvalue weighted by molar-refractivity contribution is -0.534. The van der Waals surface area contributed by atoms with Crippen molar-refractivity contribution in [3.63, 3.8) is 0 Å². The standard InChI is InChI=1S/C44H44N2O9/c1-6-54-37(48)27-33-32(25-26-36(47)53-5)38(30-17-11-8-12-18-30)40(46(51)52)39(33)44(31-23-21-29(22-24-31)28-15-9-7-10-16-28)34-19-13-14-20-35(34)45(41(44)49)42(50)55-43(2,3)4/h7-26,32-33,38-40H,6,27H2,1-5H3/b26-25+/t32-,33-,38+,39+,40+,44-/m0/s1. The molecule has 6 atom stereocenters. The van der Waals surface area contributed by atoms with Crippen molar-refractivity contribution in [2.45, 2.75) is 57.1 Å². The number of benzene rings is 4. The molecule has 0 saturated heterocycles. The van der Waals surface area contributed by atoms with Crippen molar-refractivity contribution in [1.29, 1.82) is 0 Å². The van der Waals surface area contributed by atoms with Crippen LogP contribution in [0.25, 0.3) is 11.1 Å². The number of fused-ring (bicyclic) bond motifs is 1. The monoisotopic (exact) mass is 744 g/mol. The molecule has 1 fully saturated rings. The van der Waals surface area contributed by atoms with E-state index in [0.717, 1.165) is 16.0 Å². The Bertz CT molecular complexity index is 2090. The number of carbonyl (C=O) groups is 4. The molecule has 0 spiro atoms. The number of para-hydroxylation sites is 1. The van der Waals surface area contributed by atoms with Crippen LogP contribution in [0.1, 0.15) is 56.7 Å². The van der Waals surface area contributed by atoms with Gasteiger partial charge in [-0.15, -0.1) is 0 Å². The highest BCUT2D eigenvalue weighted by Crippen LogP contribution is 2.62. The minimum absolute atomic E-state index is 0.0555. The minimum Gasteiger partial charge on any atom is -0.466 e. The van der Waals surface area contributed by atoms with Gasteiger partial charge in [-0.3, -0.25) is 19.7 Å². The molecule has 1 aliphatic heterocycles. The van der Waals surface area contributed by atoms with Crippen molar-refractivity contribution < 1.29 is 38.3 Å². The van der Waals surface area contributed by atoms with Crippen LogP contribution in [-0.2, 0) is 34.0 Å². The quantitative estimate of drug-likeness (QED) is 0.0521. The molecule has 0 aromatic heterocycles.